The Balaban J connectivity index is 1.62. The second-order valence-electron chi connectivity index (χ2n) is 6.64. The fourth-order valence-corrected chi connectivity index (χ4v) is 4.78. The molecule has 0 aromatic carbocycles. The van der Waals surface area contributed by atoms with E-state index in [0.29, 0.717) is 18.3 Å². The smallest absolute Gasteiger partial charge is 0.344 e. The van der Waals surface area contributed by atoms with Gasteiger partial charge >= 0.3 is 11.9 Å². The number of carbonyl (C=O) groups excluding carboxylic acids is 2. The third kappa shape index (κ3) is 2.66. The zero-order valence-electron chi connectivity index (χ0n) is 11.3. The fourth-order valence-electron chi connectivity index (χ4n) is 4.70. The Labute approximate surface area is 122 Å². The van der Waals surface area contributed by atoms with Gasteiger partial charge in [0.2, 0.25) is 0 Å². The van der Waals surface area contributed by atoms with Crippen LogP contribution in [0.5, 0.6) is 0 Å². The molecule has 2 atom stereocenters. The number of carbonyl (C=O) groups is 2. The average molecular weight is 303 g/mol. The van der Waals surface area contributed by atoms with Gasteiger partial charge in [-0.15, -0.1) is 11.6 Å². The molecule has 20 heavy (non-hydrogen) atoms. The number of hydrogen-bond donors (Lipinski definition) is 1. The van der Waals surface area contributed by atoms with Crippen molar-refractivity contribution in [3.05, 3.63) is 0 Å². The van der Waals surface area contributed by atoms with Crippen molar-refractivity contribution in [2.24, 2.45) is 11.8 Å². The zero-order chi connectivity index (χ0) is 14.4. The van der Waals surface area contributed by atoms with Gasteiger partial charge in [0.1, 0.15) is 11.5 Å². The van der Waals surface area contributed by atoms with E-state index < -0.39 is 29.7 Å². The van der Waals surface area contributed by atoms with Crippen LogP contribution in [0.15, 0.2) is 0 Å². The molecule has 0 radical (unpaired) electrons. The van der Waals surface area contributed by atoms with Crippen LogP contribution in [-0.4, -0.2) is 40.7 Å². The van der Waals surface area contributed by atoms with Crippen LogP contribution in [0, 0.1) is 11.8 Å². The molecule has 4 bridgehead atoms. The lowest BCUT2D eigenvalue weighted by Crippen LogP contribution is -2.60. The maximum Gasteiger partial charge on any atom is 0.344 e. The van der Waals surface area contributed by atoms with Gasteiger partial charge in [0.25, 0.3) is 0 Å². The van der Waals surface area contributed by atoms with Crippen molar-refractivity contribution in [1.82, 2.24) is 0 Å². The van der Waals surface area contributed by atoms with E-state index in [1.807, 2.05) is 0 Å². The van der Waals surface area contributed by atoms with E-state index in [1.54, 1.807) is 0 Å². The highest BCUT2D eigenvalue weighted by Crippen LogP contribution is 2.58. The number of aliphatic hydroxyl groups is 1. The number of esters is 2. The average Bonchev–Trinajstić information content (AvgIpc) is 2.32. The summed E-state index contributed by atoms with van der Waals surface area (Å²) in [7, 11) is 0. The van der Waals surface area contributed by atoms with Gasteiger partial charge in [-0.1, -0.05) is 0 Å². The molecule has 2 unspecified atom stereocenters. The molecule has 0 heterocycles. The summed E-state index contributed by atoms with van der Waals surface area (Å²) in [5.41, 5.74) is -1.22. The predicted molar refractivity (Wildman–Crippen MR) is 70.1 cm³/mol. The Bertz CT molecular complexity index is 421. The molecule has 0 saturated heterocycles. The molecule has 6 heteroatoms. The van der Waals surface area contributed by atoms with Crippen LogP contribution in [0.25, 0.3) is 0 Å². The van der Waals surface area contributed by atoms with Crippen molar-refractivity contribution in [1.29, 1.82) is 0 Å². The number of ether oxygens (including phenoxy) is 2. The van der Waals surface area contributed by atoms with Crippen molar-refractivity contribution in [2.45, 2.75) is 49.7 Å². The quantitative estimate of drug-likeness (QED) is 0.627. The molecule has 4 fully saturated rings. The minimum Gasteiger partial charge on any atom is -0.456 e. The maximum atomic E-state index is 11.8. The summed E-state index contributed by atoms with van der Waals surface area (Å²) in [6.07, 6.45) is 4.93. The summed E-state index contributed by atoms with van der Waals surface area (Å²) < 4.78 is 10.3. The van der Waals surface area contributed by atoms with Gasteiger partial charge in [0.15, 0.2) is 6.61 Å². The monoisotopic (exact) mass is 302 g/mol. The molecule has 4 saturated carbocycles. The molecule has 4 rings (SSSR count). The van der Waals surface area contributed by atoms with Crippen LogP contribution < -0.4 is 0 Å². The SMILES string of the molecule is O=C(CCl)OCC(=O)OC12CC3CC(CC(O)(C3)C1)C2. The van der Waals surface area contributed by atoms with E-state index in [0.717, 1.165) is 32.1 Å². The number of hydrogen-bond acceptors (Lipinski definition) is 5. The standard InChI is InChI=1S/C14H19ClO5/c15-6-11(16)19-7-12(17)20-14-4-9-1-10(5-14)3-13(18,2-9)8-14/h9-10,18H,1-8H2. The predicted octanol–water partition coefficient (Wildman–Crippen LogP) is 1.40. The number of alkyl halides is 1. The highest BCUT2D eigenvalue weighted by atomic mass is 35.5. The third-order valence-electron chi connectivity index (χ3n) is 4.77. The van der Waals surface area contributed by atoms with Crippen molar-refractivity contribution in [2.75, 3.05) is 12.5 Å². The van der Waals surface area contributed by atoms with E-state index in [4.69, 9.17) is 16.3 Å². The van der Waals surface area contributed by atoms with E-state index in [2.05, 4.69) is 4.74 Å². The van der Waals surface area contributed by atoms with Crippen molar-refractivity contribution in [3.8, 4) is 0 Å². The molecule has 0 aromatic heterocycles. The van der Waals surface area contributed by atoms with Crippen LogP contribution in [0.3, 0.4) is 0 Å². The lowest BCUT2D eigenvalue weighted by molar-refractivity contribution is -0.222. The second kappa shape index (κ2) is 4.88. The van der Waals surface area contributed by atoms with E-state index in [1.165, 1.54) is 0 Å². The summed E-state index contributed by atoms with van der Waals surface area (Å²) in [4.78, 5) is 22.8. The summed E-state index contributed by atoms with van der Waals surface area (Å²) in [5, 5.41) is 10.5. The summed E-state index contributed by atoms with van der Waals surface area (Å²) in [6, 6.07) is 0. The molecule has 0 amide bonds. The highest BCUT2D eigenvalue weighted by Gasteiger charge is 2.59. The van der Waals surface area contributed by atoms with Gasteiger partial charge < -0.3 is 14.6 Å². The van der Waals surface area contributed by atoms with Gasteiger partial charge in [-0.2, -0.15) is 0 Å². The topological polar surface area (TPSA) is 72.8 Å². The van der Waals surface area contributed by atoms with Crippen molar-refractivity contribution >= 4 is 23.5 Å². The third-order valence-corrected chi connectivity index (χ3v) is 4.99. The Morgan fingerprint density at radius 1 is 1.15 bits per heavy atom. The summed E-state index contributed by atoms with van der Waals surface area (Å²) in [5.74, 6) is -0.567. The van der Waals surface area contributed by atoms with Gasteiger partial charge in [-0.25, -0.2) is 4.79 Å². The zero-order valence-corrected chi connectivity index (χ0v) is 12.0. The molecule has 112 valence electrons. The van der Waals surface area contributed by atoms with Gasteiger partial charge in [-0.3, -0.25) is 4.79 Å². The van der Waals surface area contributed by atoms with E-state index in [9.17, 15) is 14.7 Å². The highest BCUT2D eigenvalue weighted by molar-refractivity contribution is 6.26. The molecule has 5 nitrogen and oxygen atoms in total. The van der Waals surface area contributed by atoms with Gasteiger partial charge in [0, 0.05) is 6.42 Å². The van der Waals surface area contributed by atoms with Gasteiger partial charge in [-0.05, 0) is 43.9 Å². The molecular weight excluding hydrogens is 284 g/mol. The first-order chi connectivity index (χ1) is 9.42. The molecular formula is C14H19ClO5. The van der Waals surface area contributed by atoms with Gasteiger partial charge in [0.05, 0.1) is 5.60 Å². The number of rotatable bonds is 4. The molecule has 0 spiro atoms. The Kier molecular flexibility index (Phi) is 3.45. The second-order valence-corrected chi connectivity index (χ2v) is 6.90. The molecule has 4 aliphatic carbocycles. The Morgan fingerprint density at radius 2 is 1.80 bits per heavy atom. The molecule has 1 N–H and O–H groups in total. The first kappa shape index (κ1) is 14.1. The Hall–Kier alpha value is -0.810. The van der Waals surface area contributed by atoms with Crippen LogP contribution in [-0.2, 0) is 19.1 Å². The van der Waals surface area contributed by atoms with Crippen LogP contribution >= 0.6 is 11.6 Å². The summed E-state index contributed by atoms with van der Waals surface area (Å²) in [6.45, 7) is -0.402. The molecule has 4 aliphatic rings. The van der Waals surface area contributed by atoms with Crippen molar-refractivity contribution < 1.29 is 24.2 Å². The lowest BCUT2D eigenvalue weighted by atomic mass is 9.52. The first-order valence-corrected chi connectivity index (χ1v) is 7.61. The van der Waals surface area contributed by atoms with E-state index >= 15 is 0 Å². The van der Waals surface area contributed by atoms with Crippen LogP contribution in [0.4, 0.5) is 0 Å². The lowest BCUT2D eigenvalue weighted by Gasteiger charge is -2.59. The minimum absolute atomic E-state index is 0.275. The number of halogens is 1. The summed E-state index contributed by atoms with van der Waals surface area (Å²) >= 11 is 5.29. The molecule has 0 aliphatic heterocycles. The largest absolute Gasteiger partial charge is 0.456 e. The first-order valence-electron chi connectivity index (χ1n) is 7.08. The van der Waals surface area contributed by atoms with E-state index in [-0.39, 0.29) is 5.88 Å². The normalized spacial score (nSPS) is 41.5. The fraction of sp³-hybridized carbons (Fsp3) is 0.857. The maximum absolute atomic E-state index is 11.8. The van der Waals surface area contributed by atoms with Crippen LogP contribution in [0.2, 0.25) is 0 Å². The molecule has 0 aromatic rings. The van der Waals surface area contributed by atoms with Crippen molar-refractivity contribution in [3.63, 3.8) is 0 Å². The Morgan fingerprint density at radius 3 is 2.35 bits per heavy atom. The van der Waals surface area contributed by atoms with Crippen LogP contribution in [0.1, 0.15) is 38.5 Å². The minimum atomic E-state index is -0.669.